The summed E-state index contributed by atoms with van der Waals surface area (Å²) in [5.41, 5.74) is 0. The van der Waals surface area contributed by atoms with Crippen molar-refractivity contribution in [1.82, 2.24) is 0 Å². The van der Waals surface area contributed by atoms with Crippen molar-refractivity contribution >= 4 is 17.3 Å². The molecule has 0 amide bonds. The van der Waals surface area contributed by atoms with Crippen molar-refractivity contribution in [3.63, 3.8) is 0 Å². The molecule has 0 unspecified atom stereocenters. The Labute approximate surface area is 100 Å². The fourth-order valence-corrected chi connectivity index (χ4v) is 2.15. The van der Waals surface area contributed by atoms with E-state index < -0.39 is 12.4 Å². The van der Waals surface area contributed by atoms with Crippen molar-refractivity contribution in [2.24, 2.45) is 0 Å². The third-order valence-corrected chi connectivity index (χ3v) is 3.31. The second-order valence-electron chi connectivity index (χ2n) is 3.41. The van der Waals surface area contributed by atoms with Gasteiger partial charge in [-0.1, -0.05) is 0 Å². The fraction of sp³-hybridized carbons (Fsp3) is 0.500. The van der Waals surface area contributed by atoms with Crippen LogP contribution in [0.3, 0.4) is 0 Å². The van der Waals surface area contributed by atoms with E-state index >= 15 is 0 Å². The molecule has 0 N–H and O–H groups in total. The second-order valence-corrected chi connectivity index (χ2v) is 4.50. The van der Waals surface area contributed by atoms with Crippen LogP contribution in [0.15, 0.2) is 6.07 Å². The summed E-state index contributed by atoms with van der Waals surface area (Å²) in [7, 11) is 1.19. The molecule has 17 heavy (non-hydrogen) atoms. The van der Waals surface area contributed by atoms with E-state index in [0.717, 1.165) is 0 Å². The number of hydrogen-bond donors (Lipinski definition) is 0. The van der Waals surface area contributed by atoms with Gasteiger partial charge in [-0.2, -0.15) is 0 Å². The van der Waals surface area contributed by atoms with Gasteiger partial charge in [-0.05, 0) is 0 Å². The average Bonchev–Trinajstić information content (AvgIpc) is 2.66. The first-order valence-corrected chi connectivity index (χ1v) is 5.68. The number of halogens is 2. The van der Waals surface area contributed by atoms with E-state index in [2.05, 4.69) is 4.74 Å². The van der Waals surface area contributed by atoms with Crippen molar-refractivity contribution < 1.29 is 27.8 Å². The van der Waals surface area contributed by atoms with Gasteiger partial charge in [-0.25, -0.2) is 13.6 Å². The molecule has 2 heterocycles. The summed E-state index contributed by atoms with van der Waals surface area (Å²) < 4.78 is 39.9. The Balaban J connectivity index is 2.23. The van der Waals surface area contributed by atoms with Crippen molar-refractivity contribution in [1.29, 1.82) is 0 Å². The Morgan fingerprint density at radius 2 is 2.29 bits per heavy atom. The van der Waals surface area contributed by atoms with Gasteiger partial charge in [0.15, 0.2) is 4.88 Å². The fourth-order valence-electron chi connectivity index (χ4n) is 1.28. The van der Waals surface area contributed by atoms with Crippen LogP contribution >= 0.6 is 11.3 Å². The van der Waals surface area contributed by atoms with Crippen molar-refractivity contribution in [2.75, 3.05) is 20.3 Å². The molecule has 1 aromatic heterocycles. The quantitative estimate of drug-likeness (QED) is 0.782. The summed E-state index contributed by atoms with van der Waals surface area (Å²) in [5.74, 6) is -0.525. The third-order valence-electron chi connectivity index (χ3n) is 2.20. The summed E-state index contributed by atoms with van der Waals surface area (Å²) in [6, 6.07) is 1.18. The highest BCUT2D eigenvalue weighted by Gasteiger charge is 2.27. The molecule has 2 rings (SSSR count). The molecule has 1 saturated heterocycles. The van der Waals surface area contributed by atoms with E-state index in [1.165, 1.54) is 13.2 Å². The van der Waals surface area contributed by atoms with Crippen LogP contribution in [0.25, 0.3) is 0 Å². The van der Waals surface area contributed by atoms with Gasteiger partial charge >= 0.3 is 5.97 Å². The van der Waals surface area contributed by atoms with E-state index in [-0.39, 0.29) is 21.6 Å². The van der Waals surface area contributed by atoms with E-state index in [1.807, 2.05) is 0 Å². The van der Waals surface area contributed by atoms with Crippen LogP contribution in [0.5, 0.6) is 5.75 Å². The van der Waals surface area contributed by atoms with Gasteiger partial charge in [0.05, 0.1) is 25.2 Å². The highest BCUT2D eigenvalue weighted by atomic mass is 32.1. The van der Waals surface area contributed by atoms with Gasteiger partial charge in [0, 0.05) is 6.07 Å². The highest BCUT2D eigenvalue weighted by Crippen LogP contribution is 2.36. The maximum Gasteiger partial charge on any atom is 0.351 e. The first kappa shape index (κ1) is 12.3. The normalized spacial score (nSPS) is 15.8. The van der Waals surface area contributed by atoms with Crippen LogP contribution in [0.4, 0.5) is 8.78 Å². The van der Waals surface area contributed by atoms with Crippen LogP contribution < -0.4 is 4.74 Å². The van der Waals surface area contributed by atoms with Crippen LogP contribution in [0.2, 0.25) is 0 Å². The van der Waals surface area contributed by atoms with Crippen LogP contribution in [-0.4, -0.2) is 32.4 Å². The zero-order valence-corrected chi connectivity index (χ0v) is 9.76. The molecule has 4 nitrogen and oxygen atoms in total. The Kier molecular flexibility index (Phi) is 3.58. The van der Waals surface area contributed by atoms with E-state index in [0.29, 0.717) is 24.6 Å². The molecule has 0 saturated carbocycles. The SMILES string of the molecule is COC(=O)c1sc(C(F)F)cc1OC1COC1. The summed E-state index contributed by atoms with van der Waals surface area (Å²) in [6.07, 6.45) is -2.81. The standard InChI is InChI=1S/C10H10F2O4S/c1-14-10(13)8-6(16-5-3-15-4-5)2-7(17-8)9(11)12/h2,5,9H,3-4H2,1H3. The molecule has 1 aliphatic heterocycles. The molecule has 0 bridgehead atoms. The zero-order valence-electron chi connectivity index (χ0n) is 8.94. The average molecular weight is 264 g/mol. The smallest absolute Gasteiger partial charge is 0.351 e. The maximum absolute atomic E-state index is 12.5. The van der Waals surface area contributed by atoms with E-state index in [9.17, 15) is 13.6 Å². The van der Waals surface area contributed by atoms with Gasteiger partial charge in [0.25, 0.3) is 6.43 Å². The molecular weight excluding hydrogens is 254 g/mol. The number of carbonyl (C=O) groups is 1. The van der Waals surface area contributed by atoms with Crippen molar-refractivity contribution in [3.8, 4) is 5.75 Å². The molecule has 94 valence electrons. The number of thiophene rings is 1. The minimum Gasteiger partial charge on any atom is -0.484 e. The molecule has 0 radical (unpaired) electrons. The largest absolute Gasteiger partial charge is 0.484 e. The minimum atomic E-state index is -2.63. The van der Waals surface area contributed by atoms with Gasteiger partial charge in [0.2, 0.25) is 0 Å². The first-order chi connectivity index (χ1) is 8.11. The number of rotatable bonds is 4. The Hall–Kier alpha value is -1.21. The predicted octanol–water partition coefficient (Wildman–Crippen LogP) is 2.25. The molecule has 7 heteroatoms. The summed E-state index contributed by atoms with van der Waals surface area (Å²) >= 11 is 0.686. The number of carbonyl (C=O) groups excluding carboxylic acids is 1. The lowest BCUT2D eigenvalue weighted by Crippen LogP contribution is -2.38. The summed E-state index contributed by atoms with van der Waals surface area (Å²) in [6.45, 7) is 0.806. The van der Waals surface area contributed by atoms with Crippen LogP contribution in [0.1, 0.15) is 21.0 Å². The number of ether oxygens (including phenoxy) is 3. The third kappa shape index (κ3) is 2.55. The lowest BCUT2D eigenvalue weighted by molar-refractivity contribution is -0.0798. The molecule has 1 fully saturated rings. The predicted molar refractivity (Wildman–Crippen MR) is 55.9 cm³/mol. The molecule has 1 aromatic rings. The number of methoxy groups -OCH3 is 1. The maximum atomic E-state index is 12.5. The van der Waals surface area contributed by atoms with Gasteiger partial charge in [0.1, 0.15) is 11.9 Å². The number of alkyl halides is 2. The van der Waals surface area contributed by atoms with E-state index in [1.54, 1.807) is 0 Å². The minimum absolute atomic E-state index is 0.0645. The Morgan fingerprint density at radius 1 is 1.59 bits per heavy atom. The molecule has 0 spiro atoms. The second kappa shape index (κ2) is 4.97. The molecule has 0 atom stereocenters. The highest BCUT2D eigenvalue weighted by molar-refractivity contribution is 7.14. The summed E-state index contributed by atoms with van der Waals surface area (Å²) in [5, 5.41) is 0. The number of hydrogen-bond acceptors (Lipinski definition) is 5. The topological polar surface area (TPSA) is 44.8 Å². The lowest BCUT2D eigenvalue weighted by atomic mass is 10.3. The molecule has 1 aliphatic rings. The zero-order chi connectivity index (χ0) is 12.4. The van der Waals surface area contributed by atoms with Gasteiger partial charge < -0.3 is 14.2 Å². The van der Waals surface area contributed by atoms with Crippen LogP contribution in [-0.2, 0) is 9.47 Å². The van der Waals surface area contributed by atoms with Crippen molar-refractivity contribution in [2.45, 2.75) is 12.5 Å². The van der Waals surface area contributed by atoms with Crippen molar-refractivity contribution in [3.05, 3.63) is 15.8 Å². The monoisotopic (exact) mass is 264 g/mol. The number of esters is 1. The lowest BCUT2D eigenvalue weighted by Gasteiger charge is -2.26. The van der Waals surface area contributed by atoms with Gasteiger partial charge in [-0.15, -0.1) is 11.3 Å². The Bertz CT molecular complexity index is 414. The Morgan fingerprint density at radius 3 is 2.76 bits per heavy atom. The van der Waals surface area contributed by atoms with Crippen LogP contribution in [0, 0.1) is 0 Å². The molecular formula is C10H10F2O4S. The van der Waals surface area contributed by atoms with Gasteiger partial charge in [-0.3, -0.25) is 0 Å². The summed E-state index contributed by atoms with van der Waals surface area (Å²) in [4.78, 5) is 11.2. The van der Waals surface area contributed by atoms with E-state index in [4.69, 9.17) is 9.47 Å². The molecule has 0 aliphatic carbocycles. The first-order valence-electron chi connectivity index (χ1n) is 4.86. The molecule has 0 aromatic carbocycles.